The Morgan fingerprint density at radius 1 is 0.939 bits per heavy atom. The van der Waals surface area contributed by atoms with Crippen molar-refractivity contribution in [3.05, 3.63) is 72.5 Å². The molecule has 1 saturated carbocycles. The average Bonchev–Trinajstić information content (AvgIpc) is 3.61. The van der Waals surface area contributed by atoms with E-state index in [4.69, 9.17) is 13.3 Å². The summed E-state index contributed by atoms with van der Waals surface area (Å²) in [5, 5.41) is 5.63. The van der Waals surface area contributed by atoms with Crippen LogP contribution in [0.2, 0.25) is 0 Å². The first-order chi connectivity index (χ1) is 16.1. The van der Waals surface area contributed by atoms with Crippen LogP contribution >= 0.6 is 0 Å². The van der Waals surface area contributed by atoms with Crippen LogP contribution in [0.15, 0.2) is 68.4 Å². The molecule has 2 N–H and O–H groups in total. The maximum absolute atomic E-state index is 13.4. The predicted octanol–water partition coefficient (Wildman–Crippen LogP) is 3.41. The van der Waals surface area contributed by atoms with Gasteiger partial charge in [-0.05, 0) is 49.2 Å². The molecule has 33 heavy (non-hydrogen) atoms. The van der Waals surface area contributed by atoms with Gasteiger partial charge in [-0.15, -0.1) is 0 Å². The molecule has 0 aliphatic heterocycles. The van der Waals surface area contributed by atoms with Crippen molar-refractivity contribution in [2.24, 2.45) is 0 Å². The van der Waals surface area contributed by atoms with E-state index in [9.17, 15) is 14.4 Å². The third kappa shape index (κ3) is 5.74. The van der Waals surface area contributed by atoms with E-state index in [0.717, 1.165) is 32.1 Å². The van der Waals surface area contributed by atoms with Gasteiger partial charge in [0.15, 0.2) is 11.8 Å². The molecule has 0 bridgehead atoms. The minimum absolute atomic E-state index is 0.0336. The highest BCUT2D eigenvalue weighted by atomic mass is 16.3. The van der Waals surface area contributed by atoms with Gasteiger partial charge in [-0.2, -0.15) is 0 Å². The number of carbonyl (C=O) groups is 3. The van der Waals surface area contributed by atoms with E-state index in [-0.39, 0.29) is 30.8 Å². The van der Waals surface area contributed by atoms with Crippen LogP contribution in [-0.2, 0) is 16.1 Å². The fraction of sp³-hybridized carbons (Fsp3) is 0.375. The lowest BCUT2D eigenvalue weighted by molar-refractivity contribution is -0.142. The van der Waals surface area contributed by atoms with Gasteiger partial charge in [0.2, 0.25) is 5.91 Å². The number of nitrogens with one attached hydrogen (secondary N) is 2. The molecular formula is C24H27N3O6. The van der Waals surface area contributed by atoms with Crippen molar-refractivity contribution in [1.82, 2.24) is 15.5 Å². The Bertz CT molecular complexity index is 1020. The Kier molecular flexibility index (Phi) is 7.29. The van der Waals surface area contributed by atoms with Crippen LogP contribution in [0, 0.1) is 0 Å². The van der Waals surface area contributed by atoms with Gasteiger partial charge >= 0.3 is 0 Å². The van der Waals surface area contributed by atoms with E-state index >= 15 is 0 Å². The largest absolute Gasteiger partial charge is 0.467 e. The number of rotatable bonds is 9. The predicted molar refractivity (Wildman–Crippen MR) is 117 cm³/mol. The van der Waals surface area contributed by atoms with E-state index < -0.39 is 17.9 Å². The molecule has 0 saturated heterocycles. The highest BCUT2D eigenvalue weighted by Gasteiger charge is 2.35. The van der Waals surface area contributed by atoms with Gasteiger partial charge < -0.3 is 28.8 Å². The molecular weight excluding hydrogens is 426 g/mol. The molecule has 3 aromatic heterocycles. The van der Waals surface area contributed by atoms with Gasteiger partial charge in [0.05, 0.1) is 31.9 Å². The smallest absolute Gasteiger partial charge is 0.287 e. The van der Waals surface area contributed by atoms with Crippen LogP contribution in [0.5, 0.6) is 0 Å². The van der Waals surface area contributed by atoms with Gasteiger partial charge in [-0.1, -0.05) is 19.3 Å². The Labute approximate surface area is 191 Å². The van der Waals surface area contributed by atoms with Gasteiger partial charge in [0.25, 0.3) is 11.8 Å². The van der Waals surface area contributed by atoms with Crippen LogP contribution in [0.4, 0.5) is 0 Å². The van der Waals surface area contributed by atoms with Gasteiger partial charge in [0.1, 0.15) is 11.5 Å². The van der Waals surface area contributed by atoms with Gasteiger partial charge in [-0.3, -0.25) is 14.4 Å². The summed E-state index contributed by atoms with van der Waals surface area (Å²) in [5.41, 5.74) is 0. The molecule has 1 atom stereocenters. The summed E-state index contributed by atoms with van der Waals surface area (Å²) in [6.07, 6.45) is 9.43. The summed E-state index contributed by atoms with van der Waals surface area (Å²) >= 11 is 0. The summed E-state index contributed by atoms with van der Waals surface area (Å²) in [4.78, 5) is 40.3. The highest BCUT2D eigenvalue weighted by Crippen LogP contribution is 2.26. The molecule has 3 amide bonds. The number of carbonyl (C=O) groups excluding carboxylic acids is 3. The van der Waals surface area contributed by atoms with Gasteiger partial charge in [0, 0.05) is 6.04 Å². The van der Waals surface area contributed by atoms with Crippen LogP contribution in [0.25, 0.3) is 0 Å². The van der Waals surface area contributed by atoms with Gasteiger partial charge in [-0.25, -0.2) is 0 Å². The Hall–Kier alpha value is -3.75. The lowest BCUT2D eigenvalue weighted by Crippen LogP contribution is -2.49. The molecule has 9 nitrogen and oxygen atoms in total. The normalized spacial score (nSPS) is 15.0. The molecule has 3 heterocycles. The van der Waals surface area contributed by atoms with Crippen LogP contribution in [0.1, 0.15) is 60.2 Å². The van der Waals surface area contributed by atoms with Crippen molar-refractivity contribution in [2.75, 3.05) is 6.54 Å². The molecule has 0 aromatic carbocycles. The first-order valence-electron chi connectivity index (χ1n) is 11.1. The summed E-state index contributed by atoms with van der Waals surface area (Å²) in [6, 6.07) is 8.90. The van der Waals surface area contributed by atoms with Crippen molar-refractivity contribution in [1.29, 1.82) is 0 Å². The minimum Gasteiger partial charge on any atom is -0.467 e. The monoisotopic (exact) mass is 453 g/mol. The number of hydrogen-bond donors (Lipinski definition) is 2. The molecule has 0 unspecified atom stereocenters. The standard InChI is InChI=1S/C24H27N3O6/c28-21(15-25-23(29)20-11-6-14-33-20)27(16-18-9-4-12-31-18)22(19-10-5-13-32-19)24(30)26-17-7-2-1-3-8-17/h4-6,9-14,17,22H,1-3,7-8,15-16H2,(H,25,29)(H,26,30)/t22-/m0/s1. The maximum Gasteiger partial charge on any atom is 0.287 e. The fourth-order valence-corrected chi connectivity index (χ4v) is 4.04. The second-order valence-electron chi connectivity index (χ2n) is 8.02. The zero-order valence-corrected chi connectivity index (χ0v) is 18.2. The van der Waals surface area contributed by atoms with E-state index in [2.05, 4.69) is 10.6 Å². The zero-order chi connectivity index (χ0) is 23.0. The highest BCUT2D eigenvalue weighted by molar-refractivity contribution is 5.95. The second kappa shape index (κ2) is 10.7. The molecule has 9 heteroatoms. The number of hydrogen-bond acceptors (Lipinski definition) is 6. The summed E-state index contributed by atoms with van der Waals surface area (Å²) in [6.45, 7) is -0.292. The van der Waals surface area contributed by atoms with Crippen molar-refractivity contribution in [3.63, 3.8) is 0 Å². The third-order valence-corrected chi connectivity index (χ3v) is 5.70. The molecule has 1 fully saturated rings. The molecule has 1 aliphatic rings. The number of furan rings is 3. The number of amides is 3. The van der Waals surface area contributed by atoms with E-state index in [1.807, 2.05) is 0 Å². The average molecular weight is 453 g/mol. The minimum atomic E-state index is -1.01. The van der Waals surface area contributed by atoms with E-state index in [0.29, 0.717) is 11.5 Å². The number of nitrogens with zero attached hydrogens (tertiary/aromatic N) is 1. The van der Waals surface area contributed by atoms with Crippen molar-refractivity contribution >= 4 is 17.7 Å². The third-order valence-electron chi connectivity index (χ3n) is 5.70. The zero-order valence-electron chi connectivity index (χ0n) is 18.2. The first kappa shape index (κ1) is 22.4. The van der Waals surface area contributed by atoms with E-state index in [1.54, 1.807) is 30.3 Å². The lowest BCUT2D eigenvalue weighted by Gasteiger charge is -2.31. The topological polar surface area (TPSA) is 118 Å². The second-order valence-corrected chi connectivity index (χ2v) is 8.02. The first-order valence-corrected chi connectivity index (χ1v) is 11.1. The summed E-state index contributed by atoms with van der Waals surface area (Å²) < 4.78 is 16.1. The summed E-state index contributed by atoms with van der Waals surface area (Å²) in [7, 11) is 0. The molecule has 3 aromatic rings. The molecule has 0 radical (unpaired) electrons. The molecule has 1 aliphatic carbocycles. The van der Waals surface area contributed by atoms with Crippen molar-refractivity contribution in [3.8, 4) is 0 Å². The quantitative estimate of drug-likeness (QED) is 0.513. The van der Waals surface area contributed by atoms with Crippen LogP contribution in [0.3, 0.4) is 0 Å². The van der Waals surface area contributed by atoms with Crippen molar-refractivity contribution in [2.45, 2.75) is 50.7 Å². The Balaban J connectivity index is 1.55. The Morgan fingerprint density at radius 3 is 2.33 bits per heavy atom. The Morgan fingerprint density at radius 2 is 1.67 bits per heavy atom. The molecule has 174 valence electrons. The van der Waals surface area contributed by atoms with Crippen molar-refractivity contribution < 1.29 is 27.6 Å². The lowest BCUT2D eigenvalue weighted by atomic mass is 9.95. The van der Waals surface area contributed by atoms with Crippen LogP contribution < -0.4 is 10.6 Å². The van der Waals surface area contributed by atoms with Crippen LogP contribution in [-0.4, -0.2) is 35.2 Å². The maximum atomic E-state index is 13.4. The molecule has 4 rings (SSSR count). The fourth-order valence-electron chi connectivity index (χ4n) is 4.04. The molecule has 0 spiro atoms. The van der Waals surface area contributed by atoms with E-state index in [1.165, 1.54) is 29.8 Å². The SMILES string of the molecule is O=C(NCC(=O)N(Cc1ccco1)[C@H](C(=O)NC1CCCCC1)c1ccco1)c1ccco1. The summed E-state index contributed by atoms with van der Waals surface area (Å²) in [5.74, 6) is -0.380.